The van der Waals surface area contributed by atoms with Crippen LogP contribution in [0.5, 0.6) is 11.5 Å². The van der Waals surface area contributed by atoms with E-state index in [1.54, 1.807) is 0 Å². The summed E-state index contributed by atoms with van der Waals surface area (Å²) in [6.45, 7) is 5.18. The molecule has 1 N–H and O–H groups in total. The van der Waals surface area contributed by atoms with Crippen LogP contribution in [0.15, 0.2) is 47.0 Å². The number of carbonyl (C=O) groups excluding carboxylic acids is 1. The zero-order valence-corrected chi connectivity index (χ0v) is 18.0. The van der Waals surface area contributed by atoms with Crippen molar-refractivity contribution in [1.82, 2.24) is 15.0 Å². The first kappa shape index (κ1) is 20.5. The number of aryl methyl sites for hydroxylation is 1. The fourth-order valence-corrected chi connectivity index (χ4v) is 4.19. The first-order valence-electron chi connectivity index (χ1n) is 11.0. The molecular formula is C24H26N4O4. The SMILES string of the molecule is Cc1cccc(-c2noc(CN3CCCC(C(=O)Nc4ccc5c(c4)OCCO5)C3)n2)c1. The van der Waals surface area contributed by atoms with Crippen LogP contribution in [0.25, 0.3) is 11.4 Å². The summed E-state index contributed by atoms with van der Waals surface area (Å²) >= 11 is 0. The molecule has 1 aromatic heterocycles. The second-order valence-corrected chi connectivity index (χ2v) is 8.30. The second kappa shape index (κ2) is 9.00. The zero-order valence-electron chi connectivity index (χ0n) is 18.0. The molecule has 0 saturated carbocycles. The number of ether oxygens (including phenoxy) is 2. The van der Waals surface area contributed by atoms with Crippen molar-refractivity contribution in [3.8, 4) is 22.9 Å². The Morgan fingerprint density at radius 2 is 2.03 bits per heavy atom. The van der Waals surface area contributed by atoms with Gasteiger partial charge in [0.25, 0.3) is 0 Å². The van der Waals surface area contributed by atoms with Gasteiger partial charge in [-0.2, -0.15) is 4.98 Å². The molecule has 1 saturated heterocycles. The van der Waals surface area contributed by atoms with Gasteiger partial charge in [-0.15, -0.1) is 0 Å². The Morgan fingerprint density at radius 3 is 2.91 bits per heavy atom. The summed E-state index contributed by atoms with van der Waals surface area (Å²) in [6.07, 6.45) is 1.80. The minimum absolute atomic E-state index is 0.0114. The summed E-state index contributed by atoms with van der Waals surface area (Å²) < 4.78 is 16.6. The molecular weight excluding hydrogens is 408 g/mol. The van der Waals surface area contributed by atoms with E-state index < -0.39 is 0 Å². The van der Waals surface area contributed by atoms with E-state index in [-0.39, 0.29) is 11.8 Å². The highest BCUT2D eigenvalue weighted by molar-refractivity contribution is 5.93. The maximum Gasteiger partial charge on any atom is 0.241 e. The number of amides is 1. The van der Waals surface area contributed by atoms with E-state index in [0.717, 1.165) is 36.2 Å². The standard InChI is InChI=1S/C24H26N4O4/c1-16-4-2-5-17(12-16)23-26-22(32-27-23)15-28-9-3-6-18(14-28)24(29)25-19-7-8-20-21(13-19)31-11-10-30-20/h2,4-5,7-8,12-13,18H,3,6,9-11,14-15H2,1H3,(H,25,29). The van der Waals surface area contributed by atoms with Crippen molar-refractivity contribution in [2.45, 2.75) is 26.3 Å². The molecule has 3 aromatic rings. The molecule has 2 aliphatic heterocycles. The normalized spacial score (nSPS) is 18.3. The first-order chi connectivity index (χ1) is 15.6. The lowest BCUT2D eigenvalue weighted by Gasteiger charge is -2.31. The lowest BCUT2D eigenvalue weighted by Crippen LogP contribution is -2.40. The highest BCUT2D eigenvalue weighted by Gasteiger charge is 2.27. The minimum atomic E-state index is -0.101. The van der Waals surface area contributed by atoms with Gasteiger partial charge in [-0.1, -0.05) is 28.9 Å². The first-order valence-corrected chi connectivity index (χ1v) is 11.0. The van der Waals surface area contributed by atoms with Crippen molar-refractivity contribution in [1.29, 1.82) is 0 Å². The molecule has 1 atom stereocenters. The summed E-state index contributed by atoms with van der Waals surface area (Å²) in [6, 6.07) is 13.5. The van der Waals surface area contributed by atoms with Crippen molar-refractivity contribution in [2.24, 2.45) is 5.92 Å². The molecule has 2 aliphatic rings. The van der Waals surface area contributed by atoms with E-state index in [2.05, 4.69) is 20.4 Å². The summed E-state index contributed by atoms with van der Waals surface area (Å²) in [5.41, 5.74) is 2.81. The Kier molecular flexibility index (Phi) is 5.77. The van der Waals surface area contributed by atoms with Gasteiger partial charge in [0.1, 0.15) is 13.2 Å². The molecule has 8 nitrogen and oxygen atoms in total. The summed E-state index contributed by atoms with van der Waals surface area (Å²) in [5, 5.41) is 7.15. The van der Waals surface area contributed by atoms with Gasteiger partial charge in [0, 0.05) is 23.9 Å². The van der Waals surface area contributed by atoms with E-state index in [1.165, 1.54) is 0 Å². The third-order valence-electron chi connectivity index (χ3n) is 5.79. The van der Waals surface area contributed by atoms with Crippen LogP contribution in [-0.2, 0) is 11.3 Å². The van der Waals surface area contributed by atoms with Crippen LogP contribution in [0.2, 0.25) is 0 Å². The predicted octanol–water partition coefficient (Wildman–Crippen LogP) is 3.67. The van der Waals surface area contributed by atoms with Crippen molar-refractivity contribution < 1.29 is 18.8 Å². The summed E-state index contributed by atoms with van der Waals surface area (Å²) in [5.74, 6) is 2.44. The Morgan fingerprint density at radius 1 is 1.16 bits per heavy atom. The summed E-state index contributed by atoms with van der Waals surface area (Å²) in [7, 11) is 0. The number of hydrogen-bond donors (Lipinski definition) is 1. The van der Waals surface area contributed by atoms with E-state index in [4.69, 9.17) is 14.0 Å². The number of benzene rings is 2. The monoisotopic (exact) mass is 434 g/mol. The highest BCUT2D eigenvalue weighted by atomic mass is 16.6. The average molecular weight is 434 g/mol. The number of nitrogens with zero attached hydrogens (tertiary/aromatic N) is 3. The third kappa shape index (κ3) is 4.60. The molecule has 166 valence electrons. The minimum Gasteiger partial charge on any atom is -0.486 e. The fourth-order valence-electron chi connectivity index (χ4n) is 4.19. The lowest BCUT2D eigenvalue weighted by molar-refractivity contribution is -0.121. The molecule has 1 unspecified atom stereocenters. The summed E-state index contributed by atoms with van der Waals surface area (Å²) in [4.78, 5) is 19.6. The molecule has 5 rings (SSSR count). The van der Waals surface area contributed by atoms with Gasteiger partial charge in [-0.05, 0) is 44.5 Å². The molecule has 1 amide bonds. The largest absolute Gasteiger partial charge is 0.486 e. The Hall–Kier alpha value is -3.39. The highest BCUT2D eigenvalue weighted by Crippen LogP contribution is 2.33. The Bertz CT molecular complexity index is 1110. The van der Waals surface area contributed by atoms with Gasteiger partial charge in [0.05, 0.1) is 12.5 Å². The van der Waals surface area contributed by atoms with E-state index in [9.17, 15) is 4.79 Å². The number of anilines is 1. The number of piperidine rings is 1. The fraction of sp³-hybridized carbons (Fsp3) is 0.375. The van der Waals surface area contributed by atoms with Gasteiger partial charge >= 0.3 is 0 Å². The van der Waals surface area contributed by atoms with Crippen molar-refractivity contribution in [3.63, 3.8) is 0 Å². The van der Waals surface area contributed by atoms with Gasteiger partial charge in [-0.3, -0.25) is 9.69 Å². The molecule has 0 spiro atoms. The molecule has 32 heavy (non-hydrogen) atoms. The predicted molar refractivity (Wildman–Crippen MR) is 119 cm³/mol. The van der Waals surface area contributed by atoms with Crippen LogP contribution in [-0.4, -0.2) is 47.3 Å². The topological polar surface area (TPSA) is 89.7 Å². The number of aromatic nitrogens is 2. The lowest BCUT2D eigenvalue weighted by atomic mass is 9.97. The van der Waals surface area contributed by atoms with Gasteiger partial charge in [0.15, 0.2) is 11.5 Å². The number of likely N-dealkylation sites (tertiary alicyclic amines) is 1. The molecule has 0 aliphatic carbocycles. The number of rotatable bonds is 5. The molecule has 0 radical (unpaired) electrons. The average Bonchev–Trinajstić information content (AvgIpc) is 3.28. The van der Waals surface area contributed by atoms with Gasteiger partial charge < -0.3 is 19.3 Å². The Labute approximate surface area is 186 Å². The van der Waals surface area contributed by atoms with Crippen LogP contribution in [0.3, 0.4) is 0 Å². The van der Waals surface area contributed by atoms with Crippen LogP contribution in [0.1, 0.15) is 24.3 Å². The van der Waals surface area contributed by atoms with Crippen molar-refractivity contribution >= 4 is 11.6 Å². The van der Waals surface area contributed by atoms with E-state index >= 15 is 0 Å². The molecule has 1 fully saturated rings. The van der Waals surface area contributed by atoms with E-state index in [1.807, 2.05) is 49.4 Å². The van der Waals surface area contributed by atoms with Gasteiger partial charge in [0.2, 0.25) is 17.6 Å². The maximum atomic E-state index is 12.9. The van der Waals surface area contributed by atoms with Crippen molar-refractivity contribution in [3.05, 3.63) is 53.9 Å². The smallest absolute Gasteiger partial charge is 0.241 e. The number of fused-ring (bicyclic) bond motifs is 1. The molecule has 3 heterocycles. The quantitative estimate of drug-likeness (QED) is 0.655. The molecule has 2 aromatic carbocycles. The number of carbonyl (C=O) groups is 1. The van der Waals surface area contributed by atoms with Gasteiger partial charge in [-0.25, -0.2) is 0 Å². The zero-order chi connectivity index (χ0) is 21.9. The Balaban J connectivity index is 1.20. The van der Waals surface area contributed by atoms with Crippen molar-refractivity contribution in [2.75, 3.05) is 31.6 Å². The number of hydrogen-bond acceptors (Lipinski definition) is 7. The molecule has 8 heteroatoms. The second-order valence-electron chi connectivity index (χ2n) is 8.30. The molecule has 0 bridgehead atoms. The van der Waals surface area contributed by atoms with Crippen LogP contribution in [0, 0.1) is 12.8 Å². The maximum absolute atomic E-state index is 12.9. The van der Waals surface area contributed by atoms with E-state index in [0.29, 0.717) is 49.5 Å². The van der Waals surface area contributed by atoms with Crippen LogP contribution in [0.4, 0.5) is 5.69 Å². The third-order valence-corrected chi connectivity index (χ3v) is 5.79. The van der Waals surface area contributed by atoms with Crippen LogP contribution < -0.4 is 14.8 Å². The number of nitrogens with one attached hydrogen (secondary N) is 1. The van der Waals surface area contributed by atoms with Crippen LogP contribution >= 0.6 is 0 Å².